The maximum absolute atomic E-state index is 13.8. The number of ether oxygens (including phenoxy) is 4. The maximum atomic E-state index is 13.8. The van der Waals surface area contributed by atoms with E-state index in [1.54, 1.807) is 46.6 Å². The molecule has 0 aromatic heterocycles. The minimum absolute atomic E-state index is 0.00194. The molecule has 344 valence electrons. The molecule has 0 saturated heterocycles. The Hall–Kier alpha value is -0.781. The number of fused-ring (bicyclic) bond motifs is 2. The summed E-state index contributed by atoms with van der Waals surface area (Å²) in [5.41, 5.74) is 1.71. The fraction of sp³-hybridized carbons (Fsp3) is 0.660. The van der Waals surface area contributed by atoms with Crippen molar-refractivity contribution in [3.05, 3.63) is 59.2 Å². The molecule has 0 heterocycles. The van der Waals surface area contributed by atoms with Crippen LogP contribution in [0.3, 0.4) is 0 Å². The normalized spacial score (nSPS) is 29.7. The first-order valence-corrected chi connectivity index (χ1v) is 36.5. The van der Waals surface area contributed by atoms with E-state index in [1.807, 2.05) is 25.1 Å². The average Bonchev–Trinajstić information content (AvgIpc) is 3.15. The van der Waals surface area contributed by atoms with Gasteiger partial charge in [-0.1, -0.05) is 66.0 Å². The van der Waals surface area contributed by atoms with Gasteiger partial charge in [0, 0.05) is 29.2 Å². The monoisotopic (exact) mass is 1070 g/mol. The molecule has 2 aromatic rings. The summed E-state index contributed by atoms with van der Waals surface area (Å²) in [7, 11) is 26.6. The number of Topliss-reactive ketones (excluding diaryl/α,β-unsaturated/α-hetero) is 2. The van der Waals surface area contributed by atoms with Crippen LogP contribution in [-0.2, 0) is 0 Å². The molecule has 0 spiro atoms. The molecule has 14 heteroatoms. The molecule has 0 unspecified atom stereocenters. The third-order valence-electron chi connectivity index (χ3n) is 14.4. The van der Waals surface area contributed by atoms with E-state index in [0.29, 0.717) is 52.4 Å². The van der Waals surface area contributed by atoms with Crippen molar-refractivity contribution in [1.82, 2.24) is 0 Å². The van der Waals surface area contributed by atoms with Crippen LogP contribution in [0.2, 0.25) is 0 Å². The number of carbonyl (C=O) groups excluding carboxylic acids is 2. The van der Waals surface area contributed by atoms with Gasteiger partial charge in [0.15, 0.2) is 11.6 Å². The van der Waals surface area contributed by atoms with Crippen molar-refractivity contribution >= 4 is 84.3 Å². The standard InChI is InChI=1S/C23H34O4.C23H32O3.CH2Cl2.4ClH.Sn/c1-21(2)9-7-10-22(3)18(21)8-11-23(4,25)20(22)19(24)15-12-16(26-5)14-17(13-15)27-6;1-15-8-9-19-22(2,3)10-7-11-23(19,4)20(15)21(24)16-12-17(25-5)14-18(13-16)26-6;2-1-3;;;;;/h12-14,18,20,25H,7-11H2,1-6H3;8,12-14,19-20H,7,9-11H2,1-6H3;1H2;4*1H;/q;;;;;;;+4/p-4/t18-,20+,22-,23+;19-,20+,23-;;;;;;/m00....../s1. The van der Waals surface area contributed by atoms with Crippen LogP contribution in [0, 0.1) is 45.3 Å². The molecule has 61 heavy (non-hydrogen) atoms. The number of benzene rings is 2. The van der Waals surface area contributed by atoms with Crippen LogP contribution in [0.4, 0.5) is 0 Å². The molecule has 6 rings (SSSR count). The van der Waals surface area contributed by atoms with Crippen molar-refractivity contribution < 1.29 is 33.6 Å². The van der Waals surface area contributed by atoms with Crippen molar-refractivity contribution in [2.75, 3.05) is 33.8 Å². The van der Waals surface area contributed by atoms with Crippen LogP contribution in [0.15, 0.2) is 48.0 Å². The summed E-state index contributed by atoms with van der Waals surface area (Å²) in [6.07, 6.45) is 11.8. The molecule has 0 amide bonds. The fourth-order valence-corrected chi connectivity index (χ4v) is 11.9. The Balaban J connectivity index is 0.000000277. The van der Waals surface area contributed by atoms with Crippen LogP contribution in [0.5, 0.6) is 23.0 Å². The van der Waals surface area contributed by atoms with E-state index in [0.717, 1.165) is 32.1 Å². The average molecular weight is 1080 g/mol. The first-order valence-electron chi connectivity index (χ1n) is 21.0. The van der Waals surface area contributed by atoms with E-state index < -0.39 is 25.4 Å². The van der Waals surface area contributed by atoms with Crippen LogP contribution in [0.1, 0.15) is 134 Å². The number of allylic oxidation sites excluding steroid dienone is 2. The Bertz CT molecular complexity index is 1800. The van der Waals surface area contributed by atoms with Gasteiger partial charge in [0.05, 0.1) is 45.3 Å². The molecule has 3 fully saturated rings. The number of ketones is 2. The molecule has 0 radical (unpaired) electrons. The van der Waals surface area contributed by atoms with Crippen LogP contribution in [-0.4, -0.2) is 69.9 Å². The Morgan fingerprint density at radius 3 is 1.43 bits per heavy atom. The second-order valence-corrected chi connectivity index (χ2v) is 45.5. The topological polar surface area (TPSA) is 91.3 Å². The quantitative estimate of drug-likeness (QED) is 0.122. The molecule has 7 atom stereocenters. The summed E-state index contributed by atoms with van der Waals surface area (Å²) >= 11 is 6.24. The zero-order chi connectivity index (χ0) is 46.4. The van der Waals surface area contributed by atoms with Gasteiger partial charge in [0.25, 0.3) is 0 Å². The van der Waals surface area contributed by atoms with Crippen molar-refractivity contribution in [3.63, 3.8) is 0 Å². The molecule has 4 aliphatic carbocycles. The van der Waals surface area contributed by atoms with Crippen molar-refractivity contribution in [2.45, 2.75) is 119 Å². The Morgan fingerprint density at radius 2 is 1.02 bits per heavy atom. The van der Waals surface area contributed by atoms with Gasteiger partial charge in [-0.3, -0.25) is 9.59 Å². The second kappa shape index (κ2) is 22.1. The van der Waals surface area contributed by atoms with Crippen molar-refractivity contribution in [1.29, 1.82) is 0 Å². The zero-order valence-corrected chi connectivity index (χ0v) is 45.5. The summed E-state index contributed by atoms with van der Waals surface area (Å²) in [6.45, 7) is 17.9. The van der Waals surface area contributed by atoms with Gasteiger partial charge in [-0.15, -0.1) is 23.2 Å². The van der Waals surface area contributed by atoms with E-state index >= 15 is 0 Å². The van der Waals surface area contributed by atoms with Gasteiger partial charge in [-0.2, -0.15) is 0 Å². The van der Waals surface area contributed by atoms with Crippen molar-refractivity contribution in [2.24, 2.45) is 45.3 Å². The van der Waals surface area contributed by atoms with Gasteiger partial charge in [-0.05, 0) is 117 Å². The van der Waals surface area contributed by atoms with Crippen LogP contribution in [0.25, 0.3) is 0 Å². The number of methoxy groups -OCH3 is 4. The third-order valence-corrected chi connectivity index (χ3v) is 14.4. The molecule has 4 aliphatic rings. The van der Waals surface area contributed by atoms with E-state index in [9.17, 15) is 14.7 Å². The first kappa shape index (κ1) is 54.6. The molecule has 0 bridgehead atoms. The molecular weight excluding hydrogens is 1010 g/mol. The summed E-state index contributed by atoms with van der Waals surface area (Å²) in [4.78, 5) is 27.4. The van der Waals surface area contributed by atoms with E-state index in [-0.39, 0.29) is 44.5 Å². The fourth-order valence-electron chi connectivity index (χ4n) is 11.9. The number of rotatable bonds is 8. The Kier molecular flexibility index (Phi) is 19.8. The predicted octanol–water partition coefficient (Wildman–Crippen LogP) is 14.4. The minimum atomic E-state index is -3.29. The molecule has 3 saturated carbocycles. The van der Waals surface area contributed by atoms with Crippen LogP contribution >= 0.6 is 58.9 Å². The molecule has 7 nitrogen and oxygen atoms in total. The van der Waals surface area contributed by atoms with Gasteiger partial charge in [-0.25, -0.2) is 0 Å². The van der Waals surface area contributed by atoms with E-state index in [2.05, 4.69) is 54.5 Å². The van der Waals surface area contributed by atoms with Gasteiger partial charge in [0.1, 0.15) is 23.0 Å². The van der Waals surface area contributed by atoms with E-state index in [4.69, 9.17) is 77.8 Å². The van der Waals surface area contributed by atoms with Gasteiger partial charge in [0.2, 0.25) is 0 Å². The number of carbonyl (C=O) groups is 2. The number of hydrogen-bond acceptors (Lipinski definition) is 7. The second-order valence-electron chi connectivity index (χ2n) is 19.2. The van der Waals surface area contributed by atoms with Crippen molar-refractivity contribution in [3.8, 4) is 23.0 Å². The summed E-state index contributed by atoms with van der Waals surface area (Å²) in [5, 5.41) is 11.5. The van der Waals surface area contributed by atoms with Crippen LogP contribution < -0.4 is 18.9 Å². The number of aliphatic hydroxyl groups is 1. The van der Waals surface area contributed by atoms with Gasteiger partial charge >= 0.3 is 49.6 Å². The summed E-state index contributed by atoms with van der Waals surface area (Å²) < 4.78 is 21.5. The Morgan fingerprint density at radius 1 is 0.639 bits per heavy atom. The SMILES string of the molecule is COc1cc(OC)cc(C(=O)[C@@H]2[C@@]3(C)CCCC(C)(C)[C@@H]3CC[C@@]2(C)O)c1.COc1cc(OC)cc(C(=O)[C@H]2C(C)=CC[C@H]3C(C)(C)CCC[C@]23C)c1.ClCCl.[Cl][Sn]([Cl])([Cl])[Cl]. The first-order chi connectivity index (χ1) is 28.2. The number of halogens is 6. The predicted molar refractivity (Wildman–Crippen MR) is 257 cm³/mol. The van der Waals surface area contributed by atoms with E-state index in [1.165, 1.54) is 24.8 Å². The molecule has 2 aromatic carbocycles. The zero-order valence-electron chi connectivity index (χ0n) is 38.1. The third kappa shape index (κ3) is 13.4. The molecule has 0 aliphatic heterocycles. The molecule has 1 N–H and O–H groups in total. The Labute approximate surface area is 394 Å². The number of alkyl halides is 2. The van der Waals surface area contributed by atoms with Gasteiger partial charge < -0.3 is 24.1 Å². The summed E-state index contributed by atoms with van der Waals surface area (Å²) in [6, 6.07) is 10.8. The summed E-state index contributed by atoms with van der Waals surface area (Å²) in [5.74, 6) is 3.18. The number of hydrogen-bond donors (Lipinski definition) is 1. The molecular formula is C47H68Cl6O7Sn.